The Kier molecular flexibility index (Phi) is 6.97. The molecular weight excluding hydrogens is 522 g/mol. The number of aliphatic hydroxyl groups is 3. The Morgan fingerprint density at radius 3 is 2.45 bits per heavy atom. The van der Waals surface area contributed by atoms with Crippen LogP contribution in [-0.4, -0.2) is 106 Å². The van der Waals surface area contributed by atoms with Crippen LogP contribution in [0.3, 0.4) is 0 Å². The first kappa shape index (κ1) is 27.8. The third-order valence-electron chi connectivity index (χ3n) is 8.67. The highest BCUT2D eigenvalue weighted by Crippen LogP contribution is 2.52. The number of carbonyl (C=O) groups excluding carboxylic acids is 4. The molecule has 0 saturated carbocycles. The topological polar surface area (TPSA) is 191 Å². The number of aryl methyl sites for hydroxylation is 1. The zero-order valence-corrected chi connectivity index (χ0v) is 22.3. The number of aliphatic hydroxyl groups excluding tert-OH is 2. The summed E-state index contributed by atoms with van der Waals surface area (Å²) in [5.41, 5.74) is 2.80. The van der Waals surface area contributed by atoms with Crippen molar-refractivity contribution in [2.24, 2.45) is 17.6 Å². The predicted molar refractivity (Wildman–Crippen MR) is 139 cm³/mol. The van der Waals surface area contributed by atoms with Crippen molar-refractivity contribution in [1.29, 1.82) is 0 Å². The summed E-state index contributed by atoms with van der Waals surface area (Å²) in [6, 6.07) is 1.96. The number of morpholine rings is 1. The summed E-state index contributed by atoms with van der Waals surface area (Å²) in [7, 11) is 3.16. The van der Waals surface area contributed by atoms with E-state index in [-0.39, 0.29) is 42.1 Å². The van der Waals surface area contributed by atoms with Crippen molar-refractivity contribution in [3.63, 3.8) is 0 Å². The van der Waals surface area contributed by atoms with Gasteiger partial charge in [-0.2, -0.15) is 0 Å². The van der Waals surface area contributed by atoms with E-state index in [2.05, 4.69) is 0 Å². The van der Waals surface area contributed by atoms with Crippen LogP contribution >= 0.6 is 0 Å². The molecule has 5 rings (SSSR count). The van der Waals surface area contributed by atoms with Gasteiger partial charge in [0.25, 0.3) is 5.91 Å². The molecule has 6 N–H and O–H groups in total. The van der Waals surface area contributed by atoms with E-state index >= 15 is 0 Å². The van der Waals surface area contributed by atoms with Crippen molar-refractivity contribution >= 4 is 23.4 Å². The molecule has 12 heteroatoms. The summed E-state index contributed by atoms with van der Waals surface area (Å²) in [4.78, 5) is 55.2. The summed E-state index contributed by atoms with van der Waals surface area (Å²) in [5, 5.41) is 44.6. The fourth-order valence-corrected chi connectivity index (χ4v) is 6.76. The molecule has 0 spiro atoms. The number of nitrogens with zero attached hydrogens (tertiary/aromatic N) is 2. The first-order valence-electron chi connectivity index (χ1n) is 13.2. The molecule has 2 amide bonds. The zero-order chi connectivity index (χ0) is 29.1. The molecule has 40 heavy (non-hydrogen) atoms. The number of likely N-dealkylation sites (N-methyl/N-ethyl adjacent to an activating group) is 1. The van der Waals surface area contributed by atoms with Crippen molar-refractivity contribution < 1.29 is 44.3 Å². The van der Waals surface area contributed by atoms with E-state index in [9.17, 15) is 39.6 Å². The van der Waals surface area contributed by atoms with Gasteiger partial charge in [-0.15, -0.1) is 0 Å². The van der Waals surface area contributed by atoms with Gasteiger partial charge in [-0.3, -0.25) is 24.1 Å². The largest absolute Gasteiger partial charge is 0.510 e. The second-order valence-electron chi connectivity index (χ2n) is 11.1. The quantitative estimate of drug-likeness (QED) is 0.307. The Balaban J connectivity index is 1.55. The minimum atomic E-state index is -2.68. The lowest BCUT2D eigenvalue weighted by Gasteiger charge is -2.50. The SMILES string of the molecule is CN(C)C1C(O)=C(C(N)=O)C(=O)C2(O)C(O)=C3C(=O)c4c(O)ccc(CCC(=O)N5CCOCC5)c4CC3CC12. The zero-order valence-electron chi connectivity index (χ0n) is 22.3. The summed E-state index contributed by atoms with van der Waals surface area (Å²) in [6.45, 7) is 1.97. The predicted octanol–water partition coefficient (Wildman–Crippen LogP) is -0.0880. The van der Waals surface area contributed by atoms with Crippen LogP contribution in [0.1, 0.15) is 34.3 Å². The molecular formula is C28H33N3O9. The Morgan fingerprint density at radius 2 is 1.82 bits per heavy atom. The molecule has 4 atom stereocenters. The Bertz CT molecular complexity index is 1370. The van der Waals surface area contributed by atoms with E-state index in [0.29, 0.717) is 43.9 Å². The maximum absolute atomic E-state index is 13.8. The minimum Gasteiger partial charge on any atom is -0.510 e. The lowest BCUT2D eigenvalue weighted by molar-refractivity contribution is -0.148. The summed E-state index contributed by atoms with van der Waals surface area (Å²) < 4.78 is 5.30. The van der Waals surface area contributed by atoms with Crippen molar-refractivity contribution in [2.75, 3.05) is 40.4 Å². The van der Waals surface area contributed by atoms with E-state index < -0.39 is 58.0 Å². The smallest absolute Gasteiger partial charge is 0.255 e. The Morgan fingerprint density at radius 1 is 1.15 bits per heavy atom. The van der Waals surface area contributed by atoms with Gasteiger partial charge in [0.1, 0.15) is 22.8 Å². The molecule has 12 nitrogen and oxygen atoms in total. The lowest BCUT2D eigenvalue weighted by atomic mass is 9.58. The number of ether oxygens (including phenoxy) is 1. The number of amides is 2. The number of fused-ring (bicyclic) bond motifs is 3. The molecule has 1 aromatic rings. The van der Waals surface area contributed by atoms with Crippen LogP contribution < -0.4 is 5.73 Å². The number of nitrogens with two attached hydrogens (primary N) is 1. The van der Waals surface area contributed by atoms with Crippen molar-refractivity contribution in [1.82, 2.24) is 9.80 Å². The van der Waals surface area contributed by atoms with E-state index in [1.165, 1.54) is 11.0 Å². The normalized spacial score (nSPS) is 28.4. The van der Waals surface area contributed by atoms with Crippen molar-refractivity contribution in [3.05, 3.63) is 51.5 Å². The van der Waals surface area contributed by atoms with Crippen molar-refractivity contribution in [3.8, 4) is 5.75 Å². The van der Waals surface area contributed by atoms with Gasteiger partial charge in [-0.1, -0.05) is 6.07 Å². The number of phenolic OH excluding ortho intramolecular Hbond substituents is 1. The first-order valence-corrected chi connectivity index (χ1v) is 13.2. The molecule has 4 aliphatic rings. The van der Waals surface area contributed by atoms with Gasteiger partial charge in [-0.05, 0) is 56.5 Å². The van der Waals surface area contributed by atoms with Gasteiger partial charge in [-0.25, -0.2) is 0 Å². The Labute approximate surface area is 230 Å². The molecule has 0 radical (unpaired) electrons. The number of Topliss-reactive ketones (excluding diaryl/α,β-unsaturated/α-hetero) is 2. The van der Waals surface area contributed by atoms with Crippen LogP contribution in [0.15, 0.2) is 34.8 Å². The van der Waals surface area contributed by atoms with Crippen LogP contribution in [0.2, 0.25) is 0 Å². The van der Waals surface area contributed by atoms with Gasteiger partial charge in [0.05, 0.1) is 24.8 Å². The van der Waals surface area contributed by atoms with Crippen molar-refractivity contribution in [2.45, 2.75) is 37.3 Å². The second-order valence-corrected chi connectivity index (χ2v) is 11.1. The van der Waals surface area contributed by atoms with Crippen LogP contribution in [-0.2, 0) is 32.0 Å². The number of allylic oxidation sites excluding steroid dienone is 1. The van der Waals surface area contributed by atoms with Gasteiger partial charge in [0, 0.05) is 31.0 Å². The third-order valence-corrected chi connectivity index (χ3v) is 8.67. The van der Waals surface area contributed by atoms with Crippen LogP contribution in [0.25, 0.3) is 0 Å². The molecule has 1 fully saturated rings. The molecule has 3 aliphatic carbocycles. The maximum atomic E-state index is 13.8. The van der Waals surface area contributed by atoms with E-state index in [4.69, 9.17) is 10.5 Å². The molecule has 214 valence electrons. The molecule has 1 aliphatic heterocycles. The summed E-state index contributed by atoms with van der Waals surface area (Å²) >= 11 is 0. The second kappa shape index (κ2) is 10.0. The summed E-state index contributed by atoms with van der Waals surface area (Å²) in [5.74, 6) is -6.94. The number of hydrogen-bond donors (Lipinski definition) is 5. The number of benzene rings is 1. The number of aromatic hydroxyl groups is 1. The Hall–Kier alpha value is -3.74. The average Bonchev–Trinajstić information content (AvgIpc) is 2.90. The number of ketones is 2. The highest BCUT2D eigenvalue weighted by Gasteiger charge is 2.63. The molecule has 1 aromatic carbocycles. The maximum Gasteiger partial charge on any atom is 0.255 e. The van der Waals surface area contributed by atoms with Gasteiger partial charge >= 0.3 is 0 Å². The number of phenols is 1. The molecule has 1 saturated heterocycles. The van der Waals surface area contributed by atoms with Crippen LogP contribution in [0.5, 0.6) is 5.75 Å². The number of rotatable bonds is 5. The average molecular weight is 556 g/mol. The summed E-state index contributed by atoms with van der Waals surface area (Å²) in [6.07, 6.45) is 0.706. The van der Waals surface area contributed by atoms with E-state index in [1.807, 2.05) is 0 Å². The van der Waals surface area contributed by atoms with Crippen LogP contribution in [0.4, 0.5) is 0 Å². The fourth-order valence-electron chi connectivity index (χ4n) is 6.76. The van der Waals surface area contributed by atoms with Gasteiger partial charge in [0.2, 0.25) is 11.7 Å². The minimum absolute atomic E-state index is 0.00751. The number of primary amides is 1. The monoisotopic (exact) mass is 555 g/mol. The van der Waals surface area contributed by atoms with Gasteiger partial charge in [0.15, 0.2) is 11.4 Å². The molecule has 4 unspecified atom stereocenters. The fraction of sp³-hybridized carbons (Fsp3) is 0.500. The highest BCUT2D eigenvalue weighted by atomic mass is 16.5. The molecule has 0 aromatic heterocycles. The van der Waals surface area contributed by atoms with Gasteiger partial charge < -0.3 is 35.8 Å². The number of hydrogen-bond acceptors (Lipinski definition) is 10. The van der Waals surface area contributed by atoms with E-state index in [0.717, 1.165) is 0 Å². The first-order chi connectivity index (χ1) is 18.9. The molecule has 1 heterocycles. The molecule has 0 bridgehead atoms. The number of carbonyl (C=O) groups is 4. The standard InChI is InChI=1S/C28H33N3O9/c1-30(2)22-16-12-14-11-15-13(4-6-18(33)31-7-9-40-10-8-31)3-5-17(32)20(15)23(34)19(14)25(36)28(16,39)26(37)21(24(22)35)27(29)38/h3,5,14,16,22,32,35-36,39H,4,6-12H2,1-2H3,(H2,29,38). The van der Waals surface area contributed by atoms with Crippen LogP contribution in [0, 0.1) is 11.8 Å². The van der Waals surface area contributed by atoms with E-state index in [1.54, 1.807) is 25.1 Å². The third kappa shape index (κ3) is 4.09. The highest BCUT2D eigenvalue weighted by molar-refractivity contribution is 6.24. The lowest BCUT2D eigenvalue weighted by Crippen LogP contribution is -2.63.